The molecule has 0 aliphatic heterocycles. The van der Waals surface area contributed by atoms with E-state index in [0.29, 0.717) is 41.4 Å². The van der Waals surface area contributed by atoms with Crippen LogP contribution in [0.3, 0.4) is 0 Å². The molecule has 9 atom stereocenters. The molecular weight excluding hydrogens is 454 g/mol. The number of hydrogen-bond donors (Lipinski definition) is 3. The van der Waals surface area contributed by atoms with Crippen LogP contribution < -0.4 is 16.4 Å². The molecule has 35 heavy (non-hydrogen) atoms. The molecule has 0 radical (unpaired) electrons. The fourth-order valence-electron chi connectivity index (χ4n) is 10.2. The Kier molecular flexibility index (Phi) is 6.73. The summed E-state index contributed by atoms with van der Waals surface area (Å²) < 4.78 is 5.64. The zero-order chi connectivity index (χ0) is 25.1. The lowest BCUT2D eigenvalue weighted by molar-refractivity contribution is -0.187. The number of fused-ring (bicyclic) bond motifs is 3. The van der Waals surface area contributed by atoms with E-state index in [-0.39, 0.29) is 22.8 Å². The summed E-state index contributed by atoms with van der Waals surface area (Å²) in [6.45, 7) is 9.68. The molecule has 5 rings (SSSR count). The Hall–Kier alpha value is -0.880. The van der Waals surface area contributed by atoms with E-state index in [1.165, 1.54) is 51.4 Å². The van der Waals surface area contributed by atoms with E-state index in [9.17, 15) is 4.79 Å². The van der Waals surface area contributed by atoms with E-state index in [4.69, 9.17) is 22.7 Å². The fourth-order valence-corrected chi connectivity index (χ4v) is 10.5. The molecule has 4 N–H and O–H groups in total. The Morgan fingerprint density at radius 3 is 2.46 bits per heavy atom. The normalized spacial score (nSPS) is 48.9. The van der Waals surface area contributed by atoms with Gasteiger partial charge in [-0.2, -0.15) is 0 Å². The van der Waals surface area contributed by atoms with Crippen molar-refractivity contribution in [3.8, 4) is 0 Å². The minimum Gasteiger partial charge on any atom is -0.466 e. The van der Waals surface area contributed by atoms with Gasteiger partial charge in [0.1, 0.15) is 0 Å². The van der Waals surface area contributed by atoms with E-state index < -0.39 is 0 Å². The van der Waals surface area contributed by atoms with Crippen molar-refractivity contribution in [3.63, 3.8) is 0 Å². The van der Waals surface area contributed by atoms with E-state index in [1.54, 1.807) is 0 Å². The molecule has 5 nitrogen and oxygen atoms in total. The van der Waals surface area contributed by atoms with Crippen molar-refractivity contribution in [3.05, 3.63) is 0 Å². The molecule has 5 saturated carbocycles. The lowest BCUT2D eigenvalue weighted by atomic mass is 9.40. The molecule has 0 heterocycles. The van der Waals surface area contributed by atoms with Gasteiger partial charge >= 0.3 is 5.97 Å². The summed E-state index contributed by atoms with van der Waals surface area (Å²) in [5, 5.41) is 8.22. The number of carbonyl (C=O) groups is 1. The van der Waals surface area contributed by atoms with Crippen LogP contribution in [0.5, 0.6) is 0 Å². The molecule has 198 valence electrons. The number of rotatable bonds is 4. The van der Waals surface area contributed by atoms with Crippen LogP contribution in [-0.4, -0.2) is 35.8 Å². The number of carbonyl (C=O) groups excluding carboxylic acids is 1. The van der Waals surface area contributed by atoms with Crippen LogP contribution in [0.4, 0.5) is 0 Å². The van der Waals surface area contributed by atoms with E-state index in [1.807, 2.05) is 6.92 Å². The molecule has 6 heteroatoms. The Balaban J connectivity index is 1.33. The van der Waals surface area contributed by atoms with Crippen molar-refractivity contribution in [1.82, 2.24) is 10.6 Å². The van der Waals surface area contributed by atoms with Crippen molar-refractivity contribution in [2.75, 3.05) is 6.61 Å². The van der Waals surface area contributed by atoms with Gasteiger partial charge in [-0.25, -0.2) is 0 Å². The summed E-state index contributed by atoms with van der Waals surface area (Å²) >= 11 is 5.85. The third kappa shape index (κ3) is 4.13. The van der Waals surface area contributed by atoms with Gasteiger partial charge in [0.05, 0.1) is 12.0 Å². The summed E-state index contributed by atoms with van der Waals surface area (Å²) in [5.41, 5.74) is 6.95. The maximum absolute atomic E-state index is 13.2. The topological polar surface area (TPSA) is 76.4 Å². The number of thiocarbonyl (C=S) groups is 1. The summed E-state index contributed by atoms with van der Waals surface area (Å²) in [6, 6.07) is 0.938. The molecule has 0 aromatic rings. The summed E-state index contributed by atoms with van der Waals surface area (Å²) in [5.74, 6) is 1.18. The SMILES string of the molecule is CCOC(=O)[C@]1(C)CCC[C@@]2(C)C3CC[C@@]4(C)C[C@]3(CCC21)C[C@H]4NC(=S)N[C@H]1CCCC[C@@H]1N. The van der Waals surface area contributed by atoms with Gasteiger partial charge < -0.3 is 21.1 Å². The zero-order valence-corrected chi connectivity index (χ0v) is 23.4. The van der Waals surface area contributed by atoms with Crippen molar-refractivity contribution in [1.29, 1.82) is 0 Å². The van der Waals surface area contributed by atoms with Crippen LogP contribution in [0.15, 0.2) is 0 Å². The summed E-state index contributed by atoms with van der Waals surface area (Å²) in [4.78, 5) is 13.2. The summed E-state index contributed by atoms with van der Waals surface area (Å²) in [7, 11) is 0. The lowest BCUT2D eigenvalue weighted by Crippen LogP contribution is -2.58. The molecular formula is C29H49N3O2S. The molecule has 5 fully saturated rings. The fraction of sp³-hybridized carbons (Fsp3) is 0.931. The van der Waals surface area contributed by atoms with E-state index in [2.05, 4.69) is 31.4 Å². The molecule has 5 aliphatic carbocycles. The van der Waals surface area contributed by atoms with Crippen LogP contribution >= 0.6 is 12.2 Å². The Morgan fingerprint density at radius 2 is 1.71 bits per heavy atom. The number of nitrogens with two attached hydrogens (primary N) is 1. The van der Waals surface area contributed by atoms with Gasteiger partial charge in [0.25, 0.3) is 0 Å². The smallest absolute Gasteiger partial charge is 0.312 e. The van der Waals surface area contributed by atoms with Gasteiger partial charge in [0, 0.05) is 18.1 Å². The minimum atomic E-state index is -0.328. The third-order valence-corrected chi connectivity index (χ3v) is 12.1. The second-order valence-electron chi connectivity index (χ2n) is 13.8. The minimum absolute atomic E-state index is 0.0517. The standard InChI is InChI=1S/C29H49N3O2S/c1-5-34-24(33)28(4)14-8-13-27(3)21(28)12-16-29-17-23(26(2,18-29)15-11-22(27)29)32-25(35)31-20-10-7-6-9-19(20)30/h19-23H,5-18,30H2,1-4H3,(H2,31,32,35)/t19-,20-,21?,22?,23+,26-,27+,28+,29-/m0/s1. The number of hydrogen-bond acceptors (Lipinski definition) is 4. The van der Waals surface area contributed by atoms with Gasteiger partial charge in [-0.3, -0.25) is 4.79 Å². The molecule has 2 bridgehead atoms. The second-order valence-corrected chi connectivity index (χ2v) is 14.2. The number of esters is 1. The Morgan fingerprint density at radius 1 is 0.971 bits per heavy atom. The largest absolute Gasteiger partial charge is 0.466 e. The highest BCUT2D eigenvalue weighted by Crippen LogP contribution is 2.73. The van der Waals surface area contributed by atoms with Crippen molar-refractivity contribution < 1.29 is 9.53 Å². The average Bonchev–Trinajstić information content (AvgIpc) is 2.99. The van der Waals surface area contributed by atoms with Gasteiger partial charge in [0.2, 0.25) is 0 Å². The Bertz CT molecular complexity index is 852. The highest BCUT2D eigenvalue weighted by Gasteiger charge is 2.68. The van der Waals surface area contributed by atoms with Crippen molar-refractivity contribution in [2.24, 2.45) is 39.2 Å². The van der Waals surface area contributed by atoms with Crippen LogP contribution in [0.25, 0.3) is 0 Å². The van der Waals surface area contributed by atoms with E-state index in [0.717, 1.165) is 37.2 Å². The lowest BCUT2D eigenvalue weighted by Gasteiger charge is -2.64. The predicted molar refractivity (Wildman–Crippen MR) is 145 cm³/mol. The summed E-state index contributed by atoms with van der Waals surface area (Å²) in [6.07, 6.45) is 15.5. The number of nitrogens with one attached hydrogen (secondary N) is 2. The maximum Gasteiger partial charge on any atom is 0.312 e. The van der Waals surface area contributed by atoms with E-state index >= 15 is 0 Å². The highest BCUT2D eigenvalue weighted by atomic mass is 32.1. The molecule has 5 aliphatic rings. The highest BCUT2D eigenvalue weighted by molar-refractivity contribution is 7.80. The quantitative estimate of drug-likeness (QED) is 0.350. The second kappa shape index (κ2) is 9.15. The molecule has 0 saturated heterocycles. The molecule has 0 amide bonds. The third-order valence-electron chi connectivity index (χ3n) is 11.8. The number of ether oxygens (including phenoxy) is 1. The maximum atomic E-state index is 13.2. The first-order valence-electron chi connectivity index (χ1n) is 14.6. The van der Waals surface area contributed by atoms with Crippen molar-refractivity contribution >= 4 is 23.3 Å². The van der Waals surface area contributed by atoms with Gasteiger partial charge in [-0.1, -0.05) is 33.1 Å². The Labute approximate surface area is 218 Å². The van der Waals surface area contributed by atoms with Crippen molar-refractivity contribution in [2.45, 2.75) is 129 Å². The first-order valence-corrected chi connectivity index (χ1v) is 15.0. The van der Waals surface area contributed by atoms with Crippen LogP contribution in [0, 0.1) is 33.5 Å². The first kappa shape index (κ1) is 25.8. The molecule has 1 spiro atoms. The predicted octanol–water partition coefficient (Wildman–Crippen LogP) is 5.46. The molecule has 0 aromatic heterocycles. The monoisotopic (exact) mass is 503 g/mol. The zero-order valence-electron chi connectivity index (χ0n) is 22.6. The van der Waals surface area contributed by atoms with Crippen LogP contribution in [0.2, 0.25) is 0 Å². The van der Waals surface area contributed by atoms with Crippen LogP contribution in [-0.2, 0) is 9.53 Å². The molecule has 0 aromatic carbocycles. The average molecular weight is 504 g/mol. The van der Waals surface area contributed by atoms with Gasteiger partial charge in [-0.15, -0.1) is 0 Å². The first-order chi connectivity index (χ1) is 16.6. The molecule has 2 unspecified atom stereocenters. The van der Waals surface area contributed by atoms with Gasteiger partial charge in [-0.05, 0) is 118 Å². The van der Waals surface area contributed by atoms with Crippen LogP contribution in [0.1, 0.15) is 111 Å². The van der Waals surface area contributed by atoms with Gasteiger partial charge in [0.15, 0.2) is 5.11 Å².